The molecule has 1 aliphatic heterocycles. The van der Waals surface area contributed by atoms with E-state index in [2.05, 4.69) is 0 Å². The molecule has 1 aliphatic rings. The fourth-order valence-corrected chi connectivity index (χ4v) is 2.70. The summed E-state index contributed by atoms with van der Waals surface area (Å²) in [6, 6.07) is 17.1. The molecule has 114 valence electrons. The van der Waals surface area contributed by atoms with Gasteiger partial charge >= 0.3 is 0 Å². The third-order valence-electron chi connectivity index (χ3n) is 3.86. The number of rotatable bonds is 3. The first-order chi connectivity index (χ1) is 10.8. The maximum absolute atomic E-state index is 12.7. The van der Waals surface area contributed by atoms with Crippen LogP contribution < -0.4 is 15.4 Å². The van der Waals surface area contributed by atoms with Crippen LogP contribution in [0.3, 0.4) is 0 Å². The topological polar surface area (TPSA) is 55.6 Å². The molecule has 0 saturated carbocycles. The number of nitrogens with two attached hydrogens (primary N) is 1. The first-order valence-corrected chi connectivity index (χ1v) is 7.58. The molecule has 0 radical (unpaired) electrons. The minimum absolute atomic E-state index is 0.0364. The lowest BCUT2D eigenvalue weighted by Crippen LogP contribution is -2.33. The van der Waals surface area contributed by atoms with Crippen molar-refractivity contribution in [1.29, 1.82) is 0 Å². The van der Waals surface area contributed by atoms with E-state index in [-0.39, 0.29) is 11.9 Å². The molecule has 2 aromatic rings. The molecule has 3 rings (SSSR count). The first kappa shape index (κ1) is 14.6. The van der Waals surface area contributed by atoms with Crippen molar-refractivity contribution in [2.75, 3.05) is 18.1 Å². The van der Waals surface area contributed by atoms with Crippen molar-refractivity contribution in [2.45, 2.75) is 18.9 Å². The van der Waals surface area contributed by atoms with E-state index in [4.69, 9.17) is 10.5 Å². The fraction of sp³-hybridized carbons (Fsp3) is 0.278. The first-order valence-electron chi connectivity index (χ1n) is 7.58. The number of hydrogen-bond acceptors (Lipinski definition) is 3. The minimum atomic E-state index is -0.287. The molecule has 2 aromatic carbocycles. The molecular weight excluding hydrogens is 276 g/mol. The molecule has 2 N–H and O–H groups in total. The average Bonchev–Trinajstić information content (AvgIpc) is 2.78. The second kappa shape index (κ2) is 6.62. The summed E-state index contributed by atoms with van der Waals surface area (Å²) >= 11 is 0. The van der Waals surface area contributed by atoms with Crippen LogP contribution in [0.4, 0.5) is 5.69 Å². The van der Waals surface area contributed by atoms with Crippen LogP contribution in [0, 0.1) is 0 Å². The van der Waals surface area contributed by atoms with E-state index in [9.17, 15) is 4.79 Å². The molecule has 0 fully saturated rings. The molecular formula is C18H20N2O2. The van der Waals surface area contributed by atoms with Crippen LogP contribution in [0.2, 0.25) is 0 Å². The van der Waals surface area contributed by atoms with Crippen LogP contribution in [0.15, 0.2) is 54.6 Å². The van der Waals surface area contributed by atoms with Crippen molar-refractivity contribution in [3.63, 3.8) is 0 Å². The van der Waals surface area contributed by atoms with Gasteiger partial charge in [-0.05, 0) is 24.1 Å². The SMILES string of the molecule is N[C@H](CC(=O)N1CCCOc2ccccc21)c1ccccc1. The summed E-state index contributed by atoms with van der Waals surface area (Å²) in [6.45, 7) is 1.29. The van der Waals surface area contributed by atoms with E-state index in [1.54, 1.807) is 4.90 Å². The number of nitrogens with zero attached hydrogens (tertiary/aromatic N) is 1. The van der Waals surface area contributed by atoms with E-state index >= 15 is 0 Å². The average molecular weight is 296 g/mol. The zero-order valence-electron chi connectivity index (χ0n) is 12.4. The van der Waals surface area contributed by atoms with Crippen molar-refractivity contribution in [2.24, 2.45) is 5.73 Å². The highest BCUT2D eigenvalue weighted by molar-refractivity contribution is 5.95. The molecule has 0 bridgehead atoms. The highest BCUT2D eigenvalue weighted by Crippen LogP contribution is 2.31. The van der Waals surface area contributed by atoms with E-state index in [1.165, 1.54) is 0 Å². The van der Waals surface area contributed by atoms with Gasteiger partial charge in [0, 0.05) is 19.0 Å². The lowest BCUT2D eigenvalue weighted by atomic mass is 10.0. The van der Waals surface area contributed by atoms with E-state index in [0.717, 1.165) is 23.4 Å². The van der Waals surface area contributed by atoms with Gasteiger partial charge in [0.05, 0.1) is 12.3 Å². The zero-order valence-corrected chi connectivity index (χ0v) is 12.4. The Balaban J connectivity index is 1.77. The number of anilines is 1. The number of ether oxygens (including phenoxy) is 1. The monoisotopic (exact) mass is 296 g/mol. The van der Waals surface area contributed by atoms with Gasteiger partial charge in [0.25, 0.3) is 0 Å². The number of benzene rings is 2. The largest absolute Gasteiger partial charge is 0.491 e. The predicted molar refractivity (Wildman–Crippen MR) is 86.9 cm³/mol. The molecule has 0 aromatic heterocycles. The summed E-state index contributed by atoms with van der Waals surface area (Å²) < 4.78 is 5.69. The molecule has 1 amide bonds. The van der Waals surface area contributed by atoms with Crippen molar-refractivity contribution in [1.82, 2.24) is 0 Å². The van der Waals surface area contributed by atoms with Crippen LogP contribution in [0.25, 0.3) is 0 Å². The third kappa shape index (κ3) is 3.12. The molecule has 0 spiro atoms. The van der Waals surface area contributed by atoms with Crippen molar-refractivity contribution >= 4 is 11.6 Å². The minimum Gasteiger partial charge on any atom is -0.491 e. The standard InChI is InChI=1S/C18H20N2O2/c19-15(14-7-2-1-3-8-14)13-18(21)20-11-6-12-22-17-10-5-4-9-16(17)20/h1-5,7-10,15H,6,11-13,19H2/t15-/m1/s1. The molecule has 1 atom stereocenters. The Morgan fingerprint density at radius 3 is 2.68 bits per heavy atom. The smallest absolute Gasteiger partial charge is 0.229 e. The molecule has 0 unspecified atom stereocenters. The molecule has 1 heterocycles. The Kier molecular flexibility index (Phi) is 4.39. The molecule has 4 nitrogen and oxygen atoms in total. The van der Waals surface area contributed by atoms with Gasteiger partial charge in [-0.25, -0.2) is 0 Å². The maximum atomic E-state index is 12.7. The van der Waals surface area contributed by atoms with Gasteiger partial charge in [-0.15, -0.1) is 0 Å². The van der Waals surface area contributed by atoms with Gasteiger partial charge in [-0.3, -0.25) is 4.79 Å². The number of fused-ring (bicyclic) bond motifs is 1. The van der Waals surface area contributed by atoms with Crippen LogP contribution in [-0.4, -0.2) is 19.1 Å². The van der Waals surface area contributed by atoms with Crippen molar-refractivity contribution in [3.05, 3.63) is 60.2 Å². The van der Waals surface area contributed by atoms with E-state index < -0.39 is 0 Å². The number of hydrogen-bond donors (Lipinski definition) is 1. The van der Waals surface area contributed by atoms with Crippen LogP contribution >= 0.6 is 0 Å². The lowest BCUT2D eigenvalue weighted by Gasteiger charge is -2.23. The van der Waals surface area contributed by atoms with Crippen molar-refractivity contribution in [3.8, 4) is 5.75 Å². The van der Waals surface area contributed by atoms with Crippen LogP contribution in [-0.2, 0) is 4.79 Å². The highest BCUT2D eigenvalue weighted by Gasteiger charge is 2.23. The summed E-state index contributed by atoms with van der Waals surface area (Å²) in [5.74, 6) is 0.802. The normalized spacial score (nSPS) is 15.4. The van der Waals surface area contributed by atoms with Crippen LogP contribution in [0.1, 0.15) is 24.4 Å². The Hall–Kier alpha value is -2.33. The molecule has 0 aliphatic carbocycles. The quantitative estimate of drug-likeness (QED) is 0.947. The van der Waals surface area contributed by atoms with Crippen molar-refractivity contribution < 1.29 is 9.53 Å². The summed E-state index contributed by atoms with van der Waals surface area (Å²) in [5, 5.41) is 0. The van der Waals surface area contributed by atoms with Crippen LogP contribution in [0.5, 0.6) is 5.75 Å². The Labute approximate surface area is 130 Å². The number of carbonyl (C=O) groups excluding carboxylic acids is 1. The molecule has 0 saturated heterocycles. The molecule has 4 heteroatoms. The number of para-hydroxylation sites is 2. The lowest BCUT2D eigenvalue weighted by molar-refractivity contribution is -0.119. The fourth-order valence-electron chi connectivity index (χ4n) is 2.70. The Bertz CT molecular complexity index is 643. The number of amides is 1. The maximum Gasteiger partial charge on any atom is 0.229 e. The summed E-state index contributed by atoms with van der Waals surface area (Å²) in [7, 11) is 0. The number of carbonyl (C=O) groups is 1. The second-order valence-electron chi connectivity index (χ2n) is 5.44. The third-order valence-corrected chi connectivity index (χ3v) is 3.86. The van der Waals surface area contributed by atoms with E-state index in [0.29, 0.717) is 19.6 Å². The Morgan fingerprint density at radius 2 is 1.86 bits per heavy atom. The Morgan fingerprint density at radius 1 is 1.14 bits per heavy atom. The highest BCUT2D eigenvalue weighted by atomic mass is 16.5. The van der Waals surface area contributed by atoms with Gasteiger partial charge in [0.15, 0.2) is 0 Å². The van der Waals surface area contributed by atoms with Gasteiger partial charge < -0.3 is 15.4 Å². The molecule has 22 heavy (non-hydrogen) atoms. The summed E-state index contributed by atoms with van der Waals surface area (Å²) in [4.78, 5) is 14.5. The van der Waals surface area contributed by atoms with Gasteiger partial charge in [0.2, 0.25) is 5.91 Å². The van der Waals surface area contributed by atoms with Gasteiger partial charge in [-0.2, -0.15) is 0 Å². The van der Waals surface area contributed by atoms with Gasteiger partial charge in [0.1, 0.15) is 5.75 Å². The van der Waals surface area contributed by atoms with E-state index in [1.807, 2.05) is 54.6 Å². The second-order valence-corrected chi connectivity index (χ2v) is 5.44. The predicted octanol–water partition coefficient (Wildman–Crippen LogP) is 2.89. The zero-order chi connectivity index (χ0) is 15.4. The summed E-state index contributed by atoms with van der Waals surface area (Å²) in [5.41, 5.74) is 8.00. The van der Waals surface area contributed by atoms with Gasteiger partial charge in [-0.1, -0.05) is 42.5 Å². The summed E-state index contributed by atoms with van der Waals surface area (Å²) in [6.07, 6.45) is 1.11.